The second kappa shape index (κ2) is 6.53. The Morgan fingerprint density at radius 3 is 3.11 bits per heavy atom. The van der Waals surface area contributed by atoms with Crippen molar-refractivity contribution in [3.8, 4) is 0 Å². The van der Waals surface area contributed by atoms with Crippen molar-refractivity contribution in [3.05, 3.63) is 11.1 Å². The highest BCUT2D eigenvalue weighted by Crippen LogP contribution is 2.29. The van der Waals surface area contributed by atoms with Crippen LogP contribution in [0.15, 0.2) is 6.20 Å². The molecule has 0 aromatic carbocycles. The van der Waals surface area contributed by atoms with Crippen molar-refractivity contribution in [2.24, 2.45) is 5.92 Å². The van der Waals surface area contributed by atoms with Gasteiger partial charge in [-0.2, -0.15) is 0 Å². The molecule has 1 fully saturated rings. The van der Waals surface area contributed by atoms with Crippen LogP contribution in [0.4, 0.5) is 5.13 Å². The molecule has 2 atom stereocenters. The summed E-state index contributed by atoms with van der Waals surface area (Å²) in [5, 5.41) is 4.66. The van der Waals surface area contributed by atoms with E-state index < -0.39 is 0 Å². The number of nitrogens with one attached hydrogen (secondary N) is 1. The van der Waals surface area contributed by atoms with E-state index in [4.69, 9.17) is 0 Å². The largest absolute Gasteiger partial charge is 0.348 e. The molecule has 1 aliphatic heterocycles. The monoisotopic (exact) mass is 267 g/mol. The van der Waals surface area contributed by atoms with Gasteiger partial charge in [0.25, 0.3) is 0 Å². The number of aromatic nitrogens is 1. The van der Waals surface area contributed by atoms with E-state index in [0.29, 0.717) is 6.04 Å². The van der Waals surface area contributed by atoms with Gasteiger partial charge in [-0.05, 0) is 38.6 Å². The van der Waals surface area contributed by atoms with Crippen LogP contribution in [0.25, 0.3) is 0 Å². The molecule has 1 N–H and O–H groups in total. The zero-order valence-corrected chi connectivity index (χ0v) is 12.6. The Kier molecular flexibility index (Phi) is 5.01. The minimum atomic E-state index is 0.423. The van der Waals surface area contributed by atoms with E-state index in [-0.39, 0.29) is 0 Å². The Morgan fingerprint density at radius 1 is 1.50 bits per heavy atom. The van der Waals surface area contributed by atoms with E-state index in [2.05, 4.69) is 36.0 Å². The lowest BCUT2D eigenvalue weighted by molar-refractivity contribution is 0.521. The fourth-order valence-electron chi connectivity index (χ4n) is 2.48. The van der Waals surface area contributed by atoms with Crippen LogP contribution < -0.4 is 10.2 Å². The highest BCUT2D eigenvalue weighted by molar-refractivity contribution is 7.15. The fraction of sp³-hybridized carbons (Fsp3) is 0.786. The molecule has 0 amide bonds. The number of thiazole rings is 1. The summed E-state index contributed by atoms with van der Waals surface area (Å²) in [6.45, 7) is 10.1. The lowest BCUT2D eigenvalue weighted by Gasteiger charge is -2.19. The number of nitrogens with zero attached hydrogens (tertiary/aromatic N) is 2. The van der Waals surface area contributed by atoms with Crippen LogP contribution in [0, 0.1) is 5.92 Å². The summed E-state index contributed by atoms with van der Waals surface area (Å²) in [4.78, 5) is 8.43. The first kappa shape index (κ1) is 13.8. The lowest BCUT2D eigenvalue weighted by Crippen LogP contribution is -2.23. The van der Waals surface area contributed by atoms with Gasteiger partial charge in [0.15, 0.2) is 5.13 Å². The SMILES string of the molecule is CCNC(C)c1cnc(N2CCCC(C)CC2)s1. The molecule has 1 aromatic heterocycles. The van der Waals surface area contributed by atoms with Crippen LogP contribution in [-0.2, 0) is 0 Å². The molecule has 0 saturated carbocycles. The average molecular weight is 267 g/mol. The van der Waals surface area contributed by atoms with E-state index in [0.717, 1.165) is 12.5 Å². The number of anilines is 1. The summed E-state index contributed by atoms with van der Waals surface area (Å²) in [5.74, 6) is 0.870. The second-order valence-electron chi connectivity index (χ2n) is 5.35. The standard InChI is InChI=1S/C14H25N3S/c1-4-15-12(3)13-10-16-14(18-13)17-8-5-6-11(2)7-9-17/h10-12,15H,4-9H2,1-3H3. The van der Waals surface area contributed by atoms with Gasteiger partial charge in [0.1, 0.15) is 0 Å². The molecule has 0 aliphatic carbocycles. The minimum Gasteiger partial charge on any atom is -0.348 e. The Hall–Kier alpha value is -0.610. The van der Waals surface area contributed by atoms with Crippen LogP contribution in [0.1, 0.15) is 51.0 Å². The molecule has 0 radical (unpaired) electrons. The third-order valence-corrected chi connectivity index (χ3v) is 4.98. The summed E-state index contributed by atoms with van der Waals surface area (Å²) in [6.07, 6.45) is 6.01. The van der Waals surface area contributed by atoms with Crippen molar-refractivity contribution in [1.82, 2.24) is 10.3 Å². The first-order chi connectivity index (χ1) is 8.70. The number of hydrogen-bond donors (Lipinski definition) is 1. The maximum absolute atomic E-state index is 4.61. The van der Waals surface area contributed by atoms with Crippen molar-refractivity contribution < 1.29 is 0 Å². The number of hydrogen-bond acceptors (Lipinski definition) is 4. The van der Waals surface area contributed by atoms with Gasteiger partial charge in [0, 0.05) is 30.2 Å². The van der Waals surface area contributed by atoms with Gasteiger partial charge in [-0.15, -0.1) is 11.3 Å². The van der Waals surface area contributed by atoms with Crippen molar-refractivity contribution in [3.63, 3.8) is 0 Å². The van der Waals surface area contributed by atoms with Crippen LogP contribution in [0.5, 0.6) is 0 Å². The van der Waals surface area contributed by atoms with Gasteiger partial charge in [0.2, 0.25) is 0 Å². The van der Waals surface area contributed by atoms with Gasteiger partial charge in [-0.1, -0.05) is 13.8 Å². The van der Waals surface area contributed by atoms with Gasteiger partial charge >= 0.3 is 0 Å². The number of rotatable bonds is 4. The van der Waals surface area contributed by atoms with E-state index >= 15 is 0 Å². The predicted molar refractivity (Wildman–Crippen MR) is 79.4 cm³/mol. The molecule has 102 valence electrons. The van der Waals surface area contributed by atoms with E-state index in [9.17, 15) is 0 Å². The third kappa shape index (κ3) is 3.45. The Labute approximate surface area is 115 Å². The third-order valence-electron chi connectivity index (χ3n) is 3.74. The maximum atomic E-state index is 4.61. The summed E-state index contributed by atoms with van der Waals surface area (Å²) >= 11 is 1.85. The minimum absolute atomic E-state index is 0.423. The molecule has 4 heteroatoms. The lowest BCUT2D eigenvalue weighted by atomic mass is 10.0. The Morgan fingerprint density at radius 2 is 2.33 bits per heavy atom. The second-order valence-corrected chi connectivity index (χ2v) is 6.39. The summed E-state index contributed by atoms with van der Waals surface area (Å²) in [7, 11) is 0. The molecule has 1 saturated heterocycles. The van der Waals surface area contributed by atoms with Crippen LogP contribution in [0.3, 0.4) is 0 Å². The maximum Gasteiger partial charge on any atom is 0.185 e. The van der Waals surface area contributed by atoms with E-state index in [1.165, 1.54) is 42.4 Å². The van der Waals surface area contributed by atoms with Gasteiger partial charge in [-0.3, -0.25) is 0 Å². The summed E-state index contributed by atoms with van der Waals surface area (Å²) in [6, 6.07) is 0.423. The predicted octanol–water partition coefficient (Wildman–Crippen LogP) is 3.44. The van der Waals surface area contributed by atoms with E-state index in [1.54, 1.807) is 0 Å². The molecule has 0 bridgehead atoms. The molecule has 2 heterocycles. The zero-order chi connectivity index (χ0) is 13.0. The molecule has 1 aliphatic rings. The molecule has 18 heavy (non-hydrogen) atoms. The molecule has 2 unspecified atom stereocenters. The zero-order valence-electron chi connectivity index (χ0n) is 11.8. The average Bonchev–Trinajstić information content (AvgIpc) is 2.74. The van der Waals surface area contributed by atoms with Crippen molar-refractivity contribution in [2.75, 3.05) is 24.5 Å². The molecule has 3 nitrogen and oxygen atoms in total. The fourth-order valence-corrected chi connectivity index (χ4v) is 3.48. The van der Waals surface area contributed by atoms with Gasteiger partial charge in [0.05, 0.1) is 0 Å². The smallest absolute Gasteiger partial charge is 0.185 e. The molecular weight excluding hydrogens is 242 g/mol. The van der Waals surface area contributed by atoms with Crippen LogP contribution >= 0.6 is 11.3 Å². The van der Waals surface area contributed by atoms with Crippen LogP contribution in [-0.4, -0.2) is 24.6 Å². The highest BCUT2D eigenvalue weighted by Gasteiger charge is 2.17. The molecule has 2 rings (SSSR count). The van der Waals surface area contributed by atoms with Gasteiger partial charge < -0.3 is 10.2 Å². The van der Waals surface area contributed by atoms with Crippen molar-refractivity contribution >= 4 is 16.5 Å². The summed E-state index contributed by atoms with van der Waals surface area (Å²) in [5.41, 5.74) is 0. The topological polar surface area (TPSA) is 28.2 Å². The summed E-state index contributed by atoms with van der Waals surface area (Å²) < 4.78 is 0. The first-order valence-electron chi connectivity index (χ1n) is 7.14. The van der Waals surface area contributed by atoms with Crippen molar-refractivity contribution in [1.29, 1.82) is 0 Å². The molecular formula is C14H25N3S. The molecule has 0 spiro atoms. The quantitative estimate of drug-likeness (QED) is 0.906. The molecule has 1 aromatic rings. The van der Waals surface area contributed by atoms with Crippen molar-refractivity contribution in [2.45, 2.75) is 46.1 Å². The Balaban J connectivity index is 2.00. The van der Waals surface area contributed by atoms with Crippen LogP contribution in [0.2, 0.25) is 0 Å². The van der Waals surface area contributed by atoms with Gasteiger partial charge in [-0.25, -0.2) is 4.98 Å². The highest BCUT2D eigenvalue weighted by atomic mass is 32.1. The Bertz CT molecular complexity index is 364. The van der Waals surface area contributed by atoms with E-state index in [1.807, 2.05) is 17.5 Å². The normalized spacial score (nSPS) is 22.8. The first-order valence-corrected chi connectivity index (χ1v) is 7.96.